The molecular weight excluding hydrogens is 339 g/mol. The highest BCUT2D eigenvalue weighted by Crippen LogP contribution is 2.30. The lowest BCUT2D eigenvalue weighted by atomic mass is 9.99. The van der Waals surface area contributed by atoms with Crippen molar-refractivity contribution in [2.75, 3.05) is 37.3 Å². The maximum atomic E-state index is 14.1. The van der Waals surface area contributed by atoms with Crippen molar-refractivity contribution in [3.8, 4) is 11.1 Å². The van der Waals surface area contributed by atoms with Gasteiger partial charge in [-0.25, -0.2) is 4.98 Å². The molecule has 4 nitrogen and oxygen atoms in total. The molecule has 0 aliphatic carbocycles. The fourth-order valence-corrected chi connectivity index (χ4v) is 3.54. The van der Waals surface area contributed by atoms with Crippen molar-refractivity contribution in [2.24, 2.45) is 5.92 Å². The monoisotopic (exact) mass is 362 g/mol. The fourth-order valence-electron chi connectivity index (χ4n) is 3.39. The average molecular weight is 363 g/mol. The van der Waals surface area contributed by atoms with E-state index in [0.29, 0.717) is 17.5 Å². The van der Waals surface area contributed by atoms with Crippen molar-refractivity contribution in [2.45, 2.75) is 19.9 Å². The van der Waals surface area contributed by atoms with Crippen LogP contribution in [0.1, 0.15) is 13.8 Å². The summed E-state index contributed by atoms with van der Waals surface area (Å²) in [5, 5.41) is 0.263. The molecule has 0 unspecified atom stereocenters. The van der Waals surface area contributed by atoms with Crippen LogP contribution in [0, 0.1) is 11.9 Å². The highest BCUT2D eigenvalue weighted by atomic mass is 35.5. The first-order valence-electron chi connectivity index (χ1n) is 8.54. The molecule has 6 heteroatoms. The van der Waals surface area contributed by atoms with Gasteiger partial charge in [0.2, 0.25) is 5.95 Å². The van der Waals surface area contributed by atoms with Gasteiger partial charge in [-0.1, -0.05) is 37.6 Å². The number of rotatable bonds is 3. The van der Waals surface area contributed by atoms with Gasteiger partial charge < -0.3 is 10.6 Å². The van der Waals surface area contributed by atoms with Gasteiger partial charge in [0, 0.05) is 36.9 Å². The van der Waals surface area contributed by atoms with Gasteiger partial charge in [-0.05, 0) is 36.7 Å². The van der Waals surface area contributed by atoms with E-state index < -0.39 is 5.95 Å². The lowest BCUT2D eigenvalue weighted by Gasteiger charge is -2.42. The third-order valence-electron chi connectivity index (χ3n) is 4.97. The Morgan fingerprint density at radius 1 is 1.24 bits per heavy atom. The summed E-state index contributed by atoms with van der Waals surface area (Å²) >= 11 is 5.98. The molecule has 1 aliphatic heterocycles. The summed E-state index contributed by atoms with van der Waals surface area (Å²) in [7, 11) is 2.19. The summed E-state index contributed by atoms with van der Waals surface area (Å²) in [6, 6.07) is 9.93. The van der Waals surface area contributed by atoms with Gasteiger partial charge in [-0.3, -0.25) is 4.90 Å². The molecule has 0 saturated carbocycles. The number of hydrogen-bond donors (Lipinski definition) is 1. The summed E-state index contributed by atoms with van der Waals surface area (Å²) in [4.78, 5) is 8.47. The van der Waals surface area contributed by atoms with E-state index in [4.69, 9.17) is 17.3 Å². The SMILES string of the molecule is CC(C)[C@H]1CN(c2ccc(-c3cc(Cl)c(N)nc3F)cc2)CCN1C. The first-order chi connectivity index (χ1) is 11.9. The lowest BCUT2D eigenvalue weighted by molar-refractivity contribution is 0.173. The molecule has 1 atom stereocenters. The Balaban J connectivity index is 1.82. The zero-order valence-electron chi connectivity index (χ0n) is 14.8. The molecule has 0 radical (unpaired) electrons. The van der Waals surface area contributed by atoms with Crippen LogP contribution in [0.15, 0.2) is 30.3 Å². The first kappa shape index (κ1) is 18.0. The smallest absolute Gasteiger partial charge is 0.222 e. The number of likely N-dealkylation sites (N-methyl/N-ethyl adjacent to an activating group) is 1. The maximum Gasteiger partial charge on any atom is 0.222 e. The standard InChI is InChI=1S/C19H24ClFN4/c1-12(2)17-11-25(9-8-24(17)3)14-6-4-13(5-7-14)15-10-16(20)19(22)23-18(15)21/h4-7,10,12,17H,8-9,11H2,1-3H3,(H2,22,23)/t17-/m1/s1. The molecule has 1 aromatic carbocycles. The van der Waals surface area contributed by atoms with Crippen molar-refractivity contribution in [1.82, 2.24) is 9.88 Å². The van der Waals surface area contributed by atoms with Gasteiger partial charge in [0.15, 0.2) is 0 Å². The van der Waals surface area contributed by atoms with Crippen LogP contribution in [-0.2, 0) is 0 Å². The van der Waals surface area contributed by atoms with Crippen molar-refractivity contribution in [3.05, 3.63) is 41.3 Å². The second-order valence-corrected chi connectivity index (χ2v) is 7.39. The van der Waals surface area contributed by atoms with Crippen LogP contribution in [-0.4, -0.2) is 42.6 Å². The first-order valence-corrected chi connectivity index (χ1v) is 8.91. The Morgan fingerprint density at radius 2 is 1.92 bits per heavy atom. The number of piperazine rings is 1. The maximum absolute atomic E-state index is 14.1. The van der Waals surface area contributed by atoms with Crippen molar-refractivity contribution >= 4 is 23.1 Å². The van der Waals surface area contributed by atoms with E-state index in [1.54, 1.807) is 0 Å². The molecule has 0 amide bonds. The number of anilines is 2. The van der Waals surface area contributed by atoms with E-state index in [0.717, 1.165) is 30.9 Å². The predicted octanol–water partition coefficient (Wildman–Crippen LogP) is 3.90. The van der Waals surface area contributed by atoms with E-state index in [9.17, 15) is 4.39 Å². The number of pyridine rings is 1. The molecular formula is C19H24ClFN4. The molecule has 1 aliphatic rings. The van der Waals surface area contributed by atoms with E-state index in [1.165, 1.54) is 6.07 Å². The number of nitrogen functional groups attached to an aromatic ring is 1. The van der Waals surface area contributed by atoms with E-state index in [1.807, 2.05) is 24.3 Å². The summed E-state index contributed by atoms with van der Waals surface area (Å²) in [5.41, 5.74) is 7.80. The van der Waals surface area contributed by atoms with Gasteiger partial charge in [-0.15, -0.1) is 0 Å². The van der Waals surface area contributed by atoms with Crippen molar-refractivity contribution in [1.29, 1.82) is 0 Å². The number of halogens is 2. The Bertz CT molecular complexity index is 748. The summed E-state index contributed by atoms with van der Waals surface area (Å²) in [6.07, 6.45) is 0. The molecule has 1 saturated heterocycles. The number of benzene rings is 1. The molecule has 3 rings (SSSR count). The molecule has 134 valence electrons. The van der Waals surface area contributed by atoms with Crippen LogP contribution in [0.4, 0.5) is 15.9 Å². The van der Waals surface area contributed by atoms with Crippen LogP contribution in [0.2, 0.25) is 5.02 Å². The van der Waals surface area contributed by atoms with Crippen LogP contribution in [0.5, 0.6) is 0 Å². The van der Waals surface area contributed by atoms with Crippen LogP contribution in [0.25, 0.3) is 11.1 Å². The second kappa shape index (κ2) is 7.18. The van der Waals surface area contributed by atoms with Crippen molar-refractivity contribution in [3.63, 3.8) is 0 Å². The minimum absolute atomic E-state index is 0.0108. The lowest BCUT2D eigenvalue weighted by Crippen LogP contribution is -2.53. The number of nitrogens with zero attached hydrogens (tertiary/aromatic N) is 3. The molecule has 25 heavy (non-hydrogen) atoms. The summed E-state index contributed by atoms with van der Waals surface area (Å²) < 4.78 is 14.1. The second-order valence-electron chi connectivity index (χ2n) is 6.98. The van der Waals surface area contributed by atoms with E-state index in [-0.39, 0.29) is 10.8 Å². The molecule has 1 aromatic heterocycles. The van der Waals surface area contributed by atoms with E-state index >= 15 is 0 Å². The number of hydrogen-bond acceptors (Lipinski definition) is 4. The largest absolute Gasteiger partial charge is 0.382 e. The zero-order valence-corrected chi connectivity index (χ0v) is 15.6. The van der Waals surface area contributed by atoms with Gasteiger partial charge >= 0.3 is 0 Å². The topological polar surface area (TPSA) is 45.4 Å². The highest BCUT2D eigenvalue weighted by molar-refractivity contribution is 6.33. The van der Waals surface area contributed by atoms with Gasteiger partial charge in [-0.2, -0.15) is 4.39 Å². The Labute approximate surface area is 153 Å². The summed E-state index contributed by atoms with van der Waals surface area (Å²) in [6.45, 7) is 7.54. The number of aromatic nitrogens is 1. The normalized spacial score (nSPS) is 18.8. The van der Waals surface area contributed by atoms with E-state index in [2.05, 4.69) is 35.7 Å². The number of nitrogens with two attached hydrogens (primary N) is 1. The van der Waals surface area contributed by atoms with Crippen LogP contribution < -0.4 is 10.6 Å². The van der Waals surface area contributed by atoms with Crippen LogP contribution >= 0.6 is 11.6 Å². The Hall–Kier alpha value is -1.85. The quantitative estimate of drug-likeness (QED) is 0.841. The fraction of sp³-hybridized carbons (Fsp3) is 0.421. The van der Waals surface area contributed by atoms with Gasteiger partial charge in [0.25, 0.3) is 0 Å². The molecule has 0 spiro atoms. The third-order valence-corrected chi connectivity index (χ3v) is 5.27. The molecule has 2 heterocycles. The van der Waals surface area contributed by atoms with Crippen molar-refractivity contribution < 1.29 is 4.39 Å². The van der Waals surface area contributed by atoms with Gasteiger partial charge in [0.05, 0.1) is 5.02 Å². The minimum Gasteiger partial charge on any atom is -0.382 e. The van der Waals surface area contributed by atoms with Crippen LogP contribution in [0.3, 0.4) is 0 Å². The predicted molar refractivity (Wildman–Crippen MR) is 103 cm³/mol. The zero-order chi connectivity index (χ0) is 18.1. The molecule has 2 N–H and O–H groups in total. The Morgan fingerprint density at radius 3 is 2.56 bits per heavy atom. The minimum atomic E-state index is -0.603. The average Bonchev–Trinajstić information content (AvgIpc) is 2.58. The summed E-state index contributed by atoms with van der Waals surface area (Å²) in [5.74, 6) is 0.00924. The third kappa shape index (κ3) is 3.72. The Kier molecular flexibility index (Phi) is 5.16. The van der Waals surface area contributed by atoms with Gasteiger partial charge in [0.1, 0.15) is 5.82 Å². The highest BCUT2D eigenvalue weighted by Gasteiger charge is 2.26. The molecule has 0 bridgehead atoms. The molecule has 1 fully saturated rings. The molecule has 2 aromatic rings.